The average molecular weight is 148 g/mol. The second-order valence-electron chi connectivity index (χ2n) is 1.30. The van der Waals surface area contributed by atoms with E-state index in [1.807, 2.05) is 10.1 Å². The summed E-state index contributed by atoms with van der Waals surface area (Å²) in [5.74, 6) is 0. The molecule has 0 aliphatic carbocycles. The zero-order valence-electron chi connectivity index (χ0n) is 4.14. The third-order valence-corrected chi connectivity index (χ3v) is 0.926. The number of hydrogen-bond donors (Lipinski definition) is 2. The molecule has 5 nitrogen and oxygen atoms in total. The summed E-state index contributed by atoms with van der Waals surface area (Å²) < 4.78 is 0. The monoisotopic (exact) mass is 147 g/mol. The maximum absolute atomic E-state index is 10.4. The average Bonchev–Trinajstić information content (AvgIpc) is 1.80. The lowest BCUT2D eigenvalue weighted by Gasteiger charge is -1.81. The van der Waals surface area contributed by atoms with Crippen LogP contribution in [0.5, 0.6) is 0 Å². The second-order valence-corrected chi connectivity index (χ2v) is 1.66. The Balaban J connectivity index is 3.52. The summed E-state index contributed by atoms with van der Waals surface area (Å²) in [6.45, 7) is 0. The first-order valence-corrected chi connectivity index (χ1v) is 2.42. The fraction of sp³-hybridized carbons (Fsp3) is 0. The van der Waals surface area contributed by atoms with Crippen LogP contribution in [-0.2, 0) is 0 Å². The molecule has 48 valence electrons. The highest BCUT2D eigenvalue weighted by Crippen LogP contribution is 1.84. The van der Waals surface area contributed by atoms with Gasteiger partial charge in [-0.1, -0.05) is 11.6 Å². The summed E-state index contributed by atoms with van der Waals surface area (Å²) in [6.07, 6.45) is 0. The maximum Gasteiger partial charge on any atom is 0.342 e. The van der Waals surface area contributed by atoms with Gasteiger partial charge in [-0.2, -0.15) is 5.10 Å². The molecule has 0 saturated carbocycles. The molecule has 0 aliphatic heterocycles. The Labute approximate surface area is 53.7 Å². The minimum atomic E-state index is -0.680. The quantitative estimate of drug-likeness (QED) is 0.500. The van der Waals surface area contributed by atoms with E-state index in [-0.39, 0.29) is 5.15 Å². The summed E-state index contributed by atoms with van der Waals surface area (Å²) >= 11 is 5.16. The highest BCUT2D eigenvalue weighted by Gasteiger charge is 1.93. The molecular formula is C3H2ClN3O2. The molecule has 1 heterocycles. The largest absolute Gasteiger partial charge is 0.342 e. The van der Waals surface area contributed by atoms with Gasteiger partial charge in [0.2, 0.25) is 5.15 Å². The molecule has 6 heteroatoms. The van der Waals surface area contributed by atoms with E-state index in [1.165, 1.54) is 0 Å². The molecule has 0 amide bonds. The number of aromatic nitrogens is 3. The van der Waals surface area contributed by atoms with Gasteiger partial charge in [0.25, 0.3) is 5.56 Å². The van der Waals surface area contributed by atoms with E-state index in [9.17, 15) is 9.59 Å². The van der Waals surface area contributed by atoms with E-state index in [0.717, 1.165) is 0 Å². The smallest absolute Gasteiger partial charge is 0.270 e. The Morgan fingerprint density at radius 1 is 1.44 bits per heavy atom. The maximum atomic E-state index is 10.4. The van der Waals surface area contributed by atoms with Crippen molar-refractivity contribution in [3.63, 3.8) is 0 Å². The number of nitrogens with one attached hydrogen (secondary N) is 2. The first-order chi connectivity index (χ1) is 4.20. The van der Waals surface area contributed by atoms with Crippen LogP contribution in [-0.4, -0.2) is 15.2 Å². The van der Waals surface area contributed by atoms with Gasteiger partial charge in [-0.3, -0.25) is 9.78 Å². The number of aromatic amines is 2. The molecular weight excluding hydrogens is 146 g/mol. The Kier molecular flexibility index (Phi) is 1.35. The fourth-order valence-electron chi connectivity index (χ4n) is 0.333. The first kappa shape index (κ1) is 6.03. The van der Waals surface area contributed by atoms with Crippen molar-refractivity contribution >= 4 is 11.6 Å². The third-order valence-electron chi connectivity index (χ3n) is 0.670. The SMILES string of the molecule is O=c1[nH]nc(Cl)c(=O)[nH]1. The van der Waals surface area contributed by atoms with Gasteiger partial charge < -0.3 is 0 Å². The van der Waals surface area contributed by atoms with Crippen molar-refractivity contribution in [2.24, 2.45) is 0 Å². The summed E-state index contributed by atoms with van der Waals surface area (Å²) in [6, 6.07) is 0. The Bertz CT molecular complexity index is 313. The Morgan fingerprint density at radius 2 is 2.11 bits per heavy atom. The van der Waals surface area contributed by atoms with Gasteiger partial charge in [0.15, 0.2) is 0 Å². The van der Waals surface area contributed by atoms with Crippen molar-refractivity contribution < 1.29 is 0 Å². The molecule has 0 unspecified atom stereocenters. The number of hydrogen-bond acceptors (Lipinski definition) is 3. The zero-order chi connectivity index (χ0) is 6.85. The molecule has 0 radical (unpaired) electrons. The number of nitrogens with zero attached hydrogens (tertiary/aromatic N) is 1. The van der Waals surface area contributed by atoms with Gasteiger partial charge in [-0.15, -0.1) is 0 Å². The minimum Gasteiger partial charge on any atom is -0.270 e. The van der Waals surface area contributed by atoms with Gasteiger partial charge in [0, 0.05) is 0 Å². The van der Waals surface area contributed by atoms with Crippen LogP contribution in [0.2, 0.25) is 5.15 Å². The van der Waals surface area contributed by atoms with Crippen LogP contribution in [0.15, 0.2) is 9.59 Å². The molecule has 0 aliphatic rings. The molecule has 0 aromatic carbocycles. The minimum absolute atomic E-state index is 0.269. The molecule has 0 atom stereocenters. The molecule has 0 bridgehead atoms. The predicted octanol–water partition coefficient (Wildman–Crippen LogP) is -0.888. The van der Waals surface area contributed by atoms with E-state index in [4.69, 9.17) is 11.6 Å². The summed E-state index contributed by atoms with van der Waals surface area (Å²) in [5, 5.41) is 4.84. The van der Waals surface area contributed by atoms with E-state index in [0.29, 0.717) is 0 Å². The van der Waals surface area contributed by atoms with Gasteiger partial charge in [-0.25, -0.2) is 9.89 Å². The third kappa shape index (κ3) is 1.17. The molecule has 9 heavy (non-hydrogen) atoms. The van der Waals surface area contributed by atoms with Crippen LogP contribution in [0.3, 0.4) is 0 Å². The van der Waals surface area contributed by atoms with Crippen molar-refractivity contribution in [1.82, 2.24) is 15.2 Å². The van der Waals surface area contributed by atoms with Crippen molar-refractivity contribution in [3.05, 3.63) is 26.0 Å². The zero-order valence-corrected chi connectivity index (χ0v) is 4.90. The van der Waals surface area contributed by atoms with Gasteiger partial charge >= 0.3 is 5.69 Å². The second kappa shape index (κ2) is 2.02. The molecule has 0 saturated heterocycles. The van der Waals surface area contributed by atoms with Gasteiger partial charge in [0.05, 0.1) is 0 Å². The van der Waals surface area contributed by atoms with E-state index in [1.54, 1.807) is 0 Å². The van der Waals surface area contributed by atoms with Crippen molar-refractivity contribution in [1.29, 1.82) is 0 Å². The van der Waals surface area contributed by atoms with Crippen LogP contribution in [0.1, 0.15) is 0 Å². The van der Waals surface area contributed by atoms with Crippen LogP contribution in [0.25, 0.3) is 0 Å². The van der Waals surface area contributed by atoms with E-state index < -0.39 is 11.2 Å². The lowest BCUT2D eigenvalue weighted by atomic mass is 10.8. The predicted molar refractivity (Wildman–Crippen MR) is 30.5 cm³/mol. The molecule has 1 aromatic rings. The summed E-state index contributed by atoms with van der Waals surface area (Å²) in [7, 11) is 0. The highest BCUT2D eigenvalue weighted by atomic mass is 35.5. The molecule has 0 spiro atoms. The van der Waals surface area contributed by atoms with Crippen molar-refractivity contribution in [3.8, 4) is 0 Å². The lowest BCUT2D eigenvalue weighted by Crippen LogP contribution is -2.23. The van der Waals surface area contributed by atoms with E-state index in [2.05, 4.69) is 5.10 Å². The van der Waals surface area contributed by atoms with Crippen LogP contribution in [0, 0.1) is 0 Å². The first-order valence-electron chi connectivity index (χ1n) is 2.04. The summed E-state index contributed by atoms with van der Waals surface area (Å²) in [4.78, 5) is 22.5. The topological polar surface area (TPSA) is 78.6 Å². The highest BCUT2D eigenvalue weighted by molar-refractivity contribution is 6.29. The number of halogens is 1. The molecule has 1 rings (SSSR count). The number of H-pyrrole nitrogens is 2. The number of rotatable bonds is 0. The summed E-state index contributed by atoms with van der Waals surface area (Å²) in [5.41, 5.74) is -1.34. The van der Waals surface area contributed by atoms with Crippen molar-refractivity contribution in [2.75, 3.05) is 0 Å². The van der Waals surface area contributed by atoms with E-state index >= 15 is 0 Å². The van der Waals surface area contributed by atoms with Crippen LogP contribution in [0.4, 0.5) is 0 Å². The fourth-order valence-corrected chi connectivity index (χ4v) is 0.423. The van der Waals surface area contributed by atoms with Crippen molar-refractivity contribution in [2.45, 2.75) is 0 Å². The Morgan fingerprint density at radius 3 is 2.56 bits per heavy atom. The van der Waals surface area contributed by atoms with Gasteiger partial charge in [-0.05, 0) is 0 Å². The Hall–Kier alpha value is -1.10. The van der Waals surface area contributed by atoms with Gasteiger partial charge in [0.1, 0.15) is 0 Å². The molecule has 1 aromatic heterocycles. The standard InChI is InChI=1S/C3H2ClN3O2/c4-1-2(8)5-3(9)7-6-1/h(H2,5,7,8,9). The van der Waals surface area contributed by atoms with Crippen LogP contribution >= 0.6 is 11.6 Å². The molecule has 2 N–H and O–H groups in total. The normalized spacial score (nSPS) is 9.44. The molecule has 0 fully saturated rings. The van der Waals surface area contributed by atoms with Crippen LogP contribution < -0.4 is 11.2 Å². The lowest BCUT2D eigenvalue weighted by molar-refractivity contribution is 0.890.